The number of hydrogen-bond donors (Lipinski definition) is 0. The van der Waals surface area contributed by atoms with Gasteiger partial charge in [0, 0.05) is 17.6 Å². The molecule has 0 radical (unpaired) electrons. The lowest BCUT2D eigenvalue weighted by Gasteiger charge is -2.10. The van der Waals surface area contributed by atoms with E-state index in [4.69, 9.17) is 27.9 Å². The van der Waals surface area contributed by atoms with Gasteiger partial charge in [-0.1, -0.05) is 11.6 Å². The molecular formula is C10H9Cl2F2NO2. The fourth-order valence-electron chi connectivity index (χ4n) is 1.21. The number of alkyl halides is 3. The predicted octanol–water partition coefficient (Wildman–Crippen LogP) is 3.59. The number of hydrogen-bond acceptors (Lipinski definition) is 3. The normalized spacial score (nSPS) is 10.7. The molecule has 94 valence electrons. The van der Waals surface area contributed by atoms with Crippen molar-refractivity contribution in [3.8, 4) is 0 Å². The van der Waals surface area contributed by atoms with Crippen molar-refractivity contribution < 1.29 is 18.3 Å². The summed E-state index contributed by atoms with van der Waals surface area (Å²) in [5.41, 5.74) is -0.469. The van der Waals surface area contributed by atoms with Gasteiger partial charge in [0.05, 0.1) is 17.2 Å². The number of halogens is 4. The molecule has 0 aliphatic heterocycles. The van der Waals surface area contributed by atoms with Gasteiger partial charge in [0.25, 0.3) is 6.43 Å². The van der Waals surface area contributed by atoms with E-state index in [1.54, 1.807) is 6.92 Å². The standard InChI is InChI=1S/C10H9Cl2F2NO2/c1-2-17-10(16)6-4-15-8(9(13)14)7(12)5(6)3-11/h4,9H,2-3H2,1H3. The highest BCUT2D eigenvalue weighted by Crippen LogP contribution is 2.31. The summed E-state index contributed by atoms with van der Waals surface area (Å²) in [4.78, 5) is 14.9. The lowest BCUT2D eigenvalue weighted by molar-refractivity contribution is 0.0524. The Labute approximate surface area is 107 Å². The van der Waals surface area contributed by atoms with Gasteiger partial charge in [-0.05, 0) is 6.92 Å². The van der Waals surface area contributed by atoms with Crippen LogP contribution >= 0.6 is 23.2 Å². The fraction of sp³-hybridized carbons (Fsp3) is 0.400. The maximum atomic E-state index is 12.5. The highest BCUT2D eigenvalue weighted by Gasteiger charge is 2.22. The van der Waals surface area contributed by atoms with Crippen molar-refractivity contribution in [2.24, 2.45) is 0 Å². The van der Waals surface area contributed by atoms with E-state index in [-0.39, 0.29) is 28.6 Å². The zero-order valence-electron chi connectivity index (χ0n) is 8.84. The second-order valence-corrected chi connectivity index (χ2v) is 3.65. The average Bonchev–Trinajstić information content (AvgIpc) is 2.28. The lowest BCUT2D eigenvalue weighted by atomic mass is 10.1. The molecule has 0 unspecified atom stereocenters. The monoisotopic (exact) mass is 283 g/mol. The van der Waals surface area contributed by atoms with Gasteiger partial charge in [-0.2, -0.15) is 0 Å². The Balaban J connectivity index is 3.25. The van der Waals surface area contributed by atoms with Crippen LogP contribution in [0.2, 0.25) is 5.02 Å². The summed E-state index contributed by atoms with van der Waals surface area (Å²) in [5.74, 6) is -0.853. The summed E-state index contributed by atoms with van der Waals surface area (Å²) in [5, 5.41) is -0.291. The minimum absolute atomic E-state index is 0.0104. The number of pyridine rings is 1. The van der Waals surface area contributed by atoms with E-state index in [9.17, 15) is 13.6 Å². The van der Waals surface area contributed by atoms with Crippen LogP contribution in [-0.4, -0.2) is 17.6 Å². The van der Waals surface area contributed by atoms with Crippen LogP contribution in [0.1, 0.15) is 35.0 Å². The van der Waals surface area contributed by atoms with Crippen molar-refractivity contribution in [3.63, 3.8) is 0 Å². The van der Waals surface area contributed by atoms with Crippen LogP contribution in [0.3, 0.4) is 0 Å². The Morgan fingerprint density at radius 2 is 2.24 bits per heavy atom. The quantitative estimate of drug-likeness (QED) is 0.626. The summed E-state index contributed by atoms with van der Waals surface area (Å²) >= 11 is 11.3. The first-order valence-electron chi connectivity index (χ1n) is 4.71. The van der Waals surface area contributed by atoms with E-state index in [1.807, 2.05) is 0 Å². The van der Waals surface area contributed by atoms with Crippen molar-refractivity contribution in [2.75, 3.05) is 6.61 Å². The molecule has 0 aliphatic rings. The minimum Gasteiger partial charge on any atom is -0.462 e. The first kappa shape index (κ1) is 14.1. The highest BCUT2D eigenvalue weighted by atomic mass is 35.5. The van der Waals surface area contributed by atoms with Crippen molar-refractivity contribution in [1.82, 2.24) is 4.98 Å². The predicted molar refractivity (Wildman–Crippen MR) is 59.7 cm³/mol. The first-order chi connectivity index (χ1) is 8.02. The molecule has 17 heavy (non-hydrogen) atoms. The lowest BCUT2D eigenvalue weighted by Crippen LogP contribution is -2.10. The number of ether oxygens (including phenoxy) is 1. The van der Waals surface area contributed by atoms with Gasteiger partial charge in [-0.15, -0.1) is 11.6 Å². The number of esters is 1. The van der Waals surface area contributed by atoms with Crippen LogP contribution in [0.25, 0.3) is 0 Å². The van der Waals surface area contributed by atoms with E-state index in [2.05, 4.69) is 4.98 Å². The molecule has 0 fully saturated rings. The van der Waals surface area contributed by atoms with E-state index >= 15 is 0 Å². The van der Waals surface area contributed by atoms with Crippen LogP contribution < -0.4 is 0 Å². The summed E-state index contributed by atoms with van der Waals surface area (Å²) in [6, 6.07) is 0. The fourth-order valence-corrected chi connectivity index (χ4v) is 1.85. The number of carbonyl (C=O) groups is 1. The molecule has 1 rings (SSSR count). The Hall–Kier alpha value is -0.940. The molecule has 0 amide bonds. The summed E-state index contributed by atoms with van der Waals surface area (Å²) in [7, 11) is 0. The van der Waals surface area contributed by atoms with E-state index < -0.39 is 18.1 Å². The Morgan fingerprint density at radius 1 is 1.59 bits per heavy atom. The van der Waals surface area contributed by atoms with Crippen molar-refractivity contribution in [2.45, 2.75) is 19.2 Å². The third kappa shape index (κ3) is 3.04. The van der Waals surface area contributed by atoms with Gasteiger partial charge < -0.3 is 4.74 Å². The van der Waals surface area contributed by atoms with E-state index in [0.717, 1.165) is 6.20 Å². The van der Waals surface area contributed by atoms with Gasteiger partial charge in [-0.25, -0.2) is 13.6 Å². The van der Waals surface area contributed by atoms with Gasteiger partial charge in [-0.3, -0.25) is 4.98 Å². The molecular weight excluding hydrogens is 275 g/mol. The topological polar surface area (TPSA) is 39.2 Å². The third-order valence-corrected chi connectivity index (χ3v) is 2.67. The van der Waals surface area contributed by atoms with Gasteiger partial charge in [0.2, 0.25) is 0 Å². The minimum atomic E-state index is -2.82. The van der Waals surface area contributed by atoms with E-state index in [0.29, 0.717) is 0 Å². The molecule has 7 heteroatoms. The summed E-state index contributed by atoms with van der Waals surface area (Å²) in [6.45, 7) is 1.79. The zero-order valence-corrected chi connectivity index (χ0v) is 10.4. The Kier molecular flexibility index (Phi) is 5.08. The van der Waals surface area contributed by atoms with Crippen molar-refractivity contribution in [1.29, 1.82) is 0 Å². The van der Waals surface area contributed by atoms with Crippen molar-refractivity contribution in [3.05, 3.63) is 28.0 Å². The smallest absolute Gasteiger partial charge is 0.340 e. The molecule has 0 atom stereocenters. The summed E-state index contributed by atoms with van der Waals surface area (Å²) in [6.07, 6.45) is -1.82. The molecule has 1 aromatic rings. The molecule has 0 spiro atoms. The average molecular weight is 284 g/mol. The second kappa shape index (κ2) is 6.12. The molecule has 3 nitrogen and oxygen atoms in total. The molecule has 0 saturated heterocycles. The SMILES string of the molecule is CCOC(=O)c1cnc(C(F)F)c(Cl)c1CCl. The highest BCUT2D eigenvalue weighted by molar-refractivity contribution is 6.33. The largest absolute Gasteiger partial charge is 0.462 e. The maximum absolute atomic E-state index is 12.5. The Morgan fingerprint density at radius 3 is 2.71 bits per heavy atom. The van der Waals surface area contributed by atoms with Crippen LogP contribution in [-0.2, 0) is 10.6 Å². The number of rotatable bonds is 4. The molecule has 0 bridgehead atoms. The third-order valence-electron chi connectivity index (χ3n) is 1.98. The summed E-state index contributed by atoms with van der Waals surface area (Å²) < 4.78 is 29.8. The first-order valence-corrected chi connectivity index (χ1v) is 5.62. The van der Waals surface area contributed by atoms with Gasteiger partial charge in [0.1, 0.15) is 5.69 Å². The Bertz CT molecular complexity index is 427. The van der Waals surface area contributed by atoms with Crippen LogP contribution in [0.5, 0.6) is 0 Å². The molecule has 0 N–H and O–H groups in total. The molecule has 1 heterocycles. The van der Waals surface area contributed by atoms with Gasteiger partial charge >= 0.3 is 5.97 Å². The number of aromatic nitrogens is 1. The number of carbonyl (C=O) groups excluding carboxylic acids is 1. The van der Waals surface area contributed by atoms with E-state index in [1.165, 1.54) is 0 Å². The van der Waals surface area contributed by atoms with Crippen LogP contribution in [0.15, 0.2) is 6.20 Å². The van der Waals surface area contributed by atoms with Crippen LogP contribution in [0.4, 0.5) is 8.78 Å². The molecule has 0 aliphatic carbocycles. The molecule has 0 aromatic carbocycles. The molecule has 1 aromatic heterocycles. The van der Waals surface area contributed by atoms with Crippen LogP contribution in [0, 0.1) is 0 Å². The molecule has 0 saturated carbocycles. The van der Waals surface area contributed by atoms with Gasteiger partial charge in [0.15, 0.2) is 0 Å². The number of nitrogens with zero attached hydrogens (tertiary/aromatic N) is 1. The maximum Gasteiger partial charge on any atom is 0.340 e. The second-order valence-electron chi connectivity index (χ2n) is 3.00. The van der Waals surface area contributed by atoms with Crippen molar-refractivity contribution >= 4 is 29.2 Å². The zero-order chi connectivity index (χ0) is 13.0.